The molecule has 5 nitrogen and oxygen atoms in total. The molecule has 0 N–H and O–H groups in total. The van der Waals surface area contributed by atoms with Crippen LogP contribution in [-0.4, -0.2) is 29.9 Å². The highest BCUT2D eigenvalue weighted by atomic mass is 16.5. The van der Waals surface area contributed by atoms with E-state index < -0.39 is 0 Å². The summed E-state index contributed by atoms with van der Waals surface area (Å²) in [6.45, 7) is 11.9. The van der Waals surface area contributed by atoms with Crippen LogP contribution in [0.4, 0.5) is 0 Å². The van der Waals surface area contributed by atoms with Crippen LogP contribution in [0.15, 0.2) is 0 Å². The molecule has 0 spiro atoms. The van der Waals surface area contributed by atoms with E-state index >= 15 is 0 Å². The molecule has 4 fully saturated rings. The predicted octanol–water partition coefficient (Wildman–Crippen LogP) is 5.73. The molecule has 4 aliphatic rings. The van der Waals surface area contributed by atoms with E-state index in [1.165, 1.54) is 39.5 Å². The summed E-state index contributed by atoms with van der Waals surface area (Å²) in [6.07, 6.45) is 9.11. The monoisotopic (exact) mass is 460 g/mol. The Morgan fingerprint density at radius 1 is 0.818 bits per heavy atom. The molecule has 0 amide bonds. The first-order valence-corrected chi connectivity index (χ1v) is 13.3. The molecule has 0 aromatic heterocycles. The van der Waals surface area contributed by atoms with E-state index in [1.54, 1.807) is 6.92 Å². The van der Waals surface area contributed by atoms with Gasteiger partial charge < -0.3 is 14.3 Å². The number of fused-ring (bicyclic) bond motifs is 5. The molecule has 0 heterocycles. The Bertz CT molecular complexity index is 791. The lowest BCUT2D eigenvalue weighted by atomic mass is 9.43. The van der Waals surface area contributed by atoms with Gasteiger partial charge in [-0.1, -0.05) is 20.8 Å². The maximum atomic E-state index is 12.1. The summed E-state index contributed by atoms with van der Waals surface area (Å²) in [4.78, 5) is 35.6. The van der Waals surface area contributed by atoms with E-state index in [4.69, 9.17) is 9.47 Å². The van der Waals surface area contributed by atoms with Crippen molar-refractivity contribution in [1.29, 1.82) is 0 Å². The van der Waals surface area contributed by atoms with Crippen LogP contribution < -0.4 is 0 Å². The topological polar surface area (TPSA) is 69.7 Å². The fourth-order valence-corrected chi connectivity index (χ4v) is 9.49. The van der Waals surface area contributed by atoms with E-state index in [2.05, 4.69) is 20.8 Å². The van der Waals surface area contributed by atoms with Gasteiger partial charge in [0.25, 0.3) is 0 Å². The Morgan fingerprint density at radius 3 is 2.09 bits per heavy atom. The van der Waals surface area contributed by atoms with Crippen LogP contribution in [-0.2, 0) is 23.9 Å². The predicted molar refractivity (Wildman–Crippen MR) is 126 cm³/mol. The molecule has 0 aromatic carbocycles. The first-order valence-electron chi connectivity index (χ1n) is 13.3. The second-order valence-corrected chi connectivity index (χ2v) is 12.5. The molecule has 0 aliphatic heterocycles. The van der Waals surface area contributed by atoms with Gasteiger partial charge in [0, 0.05) is 26.2 Å². The second kappa shape index (κ2) is 9.00. The maximum absolute atomic E-state index is 12.1. The number of esters is 2. The molecule has 186 valence electrons. The zero-order valence-corrected chi connectivity index (χ0v) is 21.5. The second-order valence-electron chi connectivity index (χ2n) is 12.5. The van der Waals surface area contributed by atoms with Crippen molar-refractivity contribution in [2.45, 2.75) is 112 Å². The van der Waals surface area contributed by atoms with Crippen LogP contribution in [0, 0.1) is 46.3 Å². The van der Waals surface area contributed by atoms with Gasteiger partial charge in [0.1, 0.15) is 18.0 Å². The minimum Gasteiger partial charge on any atom is -0.463 e. The van der Waals surface area contributed by atoms with Crippen LogP contribution in [0.5, 0.6) is 0 Å². The molecule has 5 heteroatoms. The highest BCUT2D eigenvalue weighted by Crippen LogP contribution is 2.68. The summed E-state index contributed by atoms with van der Waals surface area (Å²) in [6, 6.07) is 0. The summed E-state index contributed by atoms with van der Waals surface area (Å²) >= 11 is 0. The summed E-state index contributed by atoms with van der Waals surface area (Å²) in [7, 11) is 0. The van der Waals surface area contributed by atoms with E-state index in [0.717, 1.165) is 25.7 Å². The fourth-order valence-electron chi connectivity index (χ4n) is 9.49. The zero-order chi connectivity index (χ0) is 24.1. The van der Waals surface area contributed by atoms with Crippen molar-refractivity contribution >= 4 is 17.7 Å². The SMILES string of the molecule is CC(=O)C[C@@H](C)[C@H]1CC[C@H]2[C@@H]3C[C@H](OC(C)=O)[C@H]4C[C@@H](OC(C)=O)CC[C@]4(C)[C@H]3CC[C@]12C. The van der Waals surface area contributed by atoms with Crippen LogP contribution in [0.3, 0.4) is 0 Å². The molecule has 0 aromatic rings. The Hall–Kier alpha value is -1.39. The lowest BCUT2D eigenvalue weighted by Gasteiger charge is -2.62. The van der Waals surface area contributed by atoms with E-state index in [9.17, 15) is 14.4 Å². The quantitative estimate of drug-likeness (QED) is 0.490. The number of rotatable bonds is 5. The van der Waals surface area contributed by atoms with Gasteiger partial charge >= 0.3 is 11.9 Å². The number of ether oxygens (including phenoxy) is 2. The summed E-state index contributed by atoms with van der Waals surface area (Å²) in [5, 5.41) is 0. The highest BCUT2D eigenvalue weighted by molar-refractivity contribution is 5.75. The summed E-state index contributed by atoms with van der Waals surface area (Å²) < 4.78 is 11.6. The third-order valence-electron chi connectivity index (χ3n) is 10.6. The number of carbonyl (C=O) groups is 3. The number of hydrogen-bond acceptors (Lipinski definition) is 5. The van der Waals surface area contributed by atoms with Crippen molar-refractivity contribution in [3.63, 3.8) is 0 Å². The van der Waals surface area contributed by atoms with Gasteiger partial charge in [-0.25, -0.2) is 0 Å². The Kier molecular flexibility index (Phi) is 6.74. The van der Waals surface area contributed by atoms with Crippen LogP contribution in [0.1, 0.15) is 99.3 Å². The zero-order valence-electron chi connectivity index (χ0n) is 21.5. The fraction of sp³-hybridized carbons (Fsp3) is 0.893. The summed E-state index contributed by atoms with van der Waals surface area (Å²) in [5.41, 5.74) is 0.388. The Labute approximate surface area is 199 Å². The smallest absolute Gasteiger partial charge is 0.302 e. The third-order valence-corrected chi connectivity index (χ3v) is 10.6. The molecule has 4 saturated carbocycles. The van der Waals surface area contributed by atoms with E-state index in [0.29, 0.717) is 41.8 Å². The largest absolute Gasteiger partial charge is 0.463 e. The van der Waals surface area contributed by atoms with Crippen LogP contribution >= 0.6 is 0 Å². The normalized spacial score (nSPS) is 45.2. The molecule has 0 bridgehead atoms. The van der Waals surface area contributed by atoms with Gasteiger partial charge in [-0.3, -0.25) is 9.59 Å². The van der Waals surface area contributed by atoms with Crippen LogP contribution in [0.2, 0.25) is 0 Å². The van der Waals surface area contributed by atoms with Gasteiger partial charge in [0.05, 0.1) is 0 Å². The summed E-state index contributed by atoms with van der Waals surface area (Å²) in [5.74, 6) is 3.00. The Morgan fingerprint density at radius 2 is 1.45 bits per heavy atom. The van der Waals surface area contributed by atoms with Gasteiger partial charge in [-0.15, -0.1) is 0 Å². The first kappa shape index (κ1) is 24.7. The van der Waals surface area contributed by atoms with Crippen molar-refractivity contribution in [2.75, 3.05) is 0 Å². The molecule has 0 radical (unpaired) electrons. The van der Waals surface area contributed by atoms with Gasteiger partial charge in [0.2, 0.25) is 0 Å². The maximum Gasteiger partial charge on any atom is 0.302 e. The Balaban J connectivity index is 1.61. The third kappa shape index (κ3) is 4.38. The minimum absolute atomic E-state index is 0.0627. The van der Waals surface area contributed by atoms with E-state index in [1.807, 2.05) is 0 Å². The number of ketones is 1. The molecule has 33 heavy (non-hydrogen) atoms. The molecule has 10 atom stereocenters. The van der Waals surface area contributed by atoms with Crippen molar-refractivity contribution < 1.29 is 23.9 Å². The molecule has 0 saturated heterocycles. The standard InChI is InChI=1S/C28H44O5/c1-16(13-17(2)29)22-7-8-23-21-15-26(33-19(4)31)25-14-20(32-18(3)30)9-11-28(25,6)24(21)10-12-27(22,23)5/h16,20-26H,7-15H2,1-6H3/t16-,20+,21+,22-,23+,24+,25-,26+,27-,28-/m1/s1. The van der Waals surface area contributed by atoms with Gasteiger partial charge in [-0.2, -0.15) is 0 Å². The molecule has 4 rings (SSSR count). The molecule has 0 unspecified atom stereocenters. The average molecular weight is 461 g/mol. The van der Waals surface area contributed by atoms with Crippen molar-refractivity contribution in [3.8, 4) is 0 Å². The van der Waals surface area contributed by atoms with Gasteiger partial charge in [-0.05, 0) is 98.7 Å². The highest BCUT2D eigenvalue weighted by Gasteiger charge is 2.63. The van der Waals surface area contributed by atoms with Crippen molar-refractivity contribution in [1.82, 2.24) is 0 Å². The van der Waals surface area contributed by atoms with Crippen molar-refractivity contribution in [2.24, 2.45) is 46.3 Å². The number of carbonyl (C=O) groups excluding carboxylic acids is 3. The first-order chi connectivity index (χ1) is 15.5. The molecular formula is C28H44O5. The molecular weight excluding hydrogens is 416 g/mol. The number of Topliss-reactive ketones (excluding diaryl/α,β-unsaturated/α-hetero) is 1. The molecule has 4 aliphatic carbocycles. The van der Waals surface area contributed by atoms with Gasteiger partial charge in [0.15, 0.2) is 0 Å². The average Bonchev–Trinajstić information content (AvgIpc) is 3.05. The number of hydrogen-bond donors (Lipinski definition) is 0. The van der Waals surface area contributed by atoms with Crippen molar-refractivity contribution in [3.05, 3.63) is 0 Å². The lowest BCUT2D eigenvalue weighted by Crippen LogP contribution is -2.59. The van der Waals surface area contributed by atoms with E-state index in [-0.39, 0.29) is 40.9 Å². The minimum atomic E-state index is -0.216. The van der Waals surface area contributed by atoms with Crippen LogP contribution in [0.25, 0.3) is 0 Å². The lowest BCUT2D eigenvalue weighted by molar-refractivity contribution is -0.197.